The van der Waals surface area contributed by atoms with Gasteiger partial charge in [-0.1, -0.05) is 30.3 Å². The summed E-state index contributed by atoms with van der Waals surface area (Å²) >= 11 is 0. The SMILES string of the molecule is CC1CNCC2(CC2)CN1Cc1ccccc1. The zero-order chi connectivity index (χ0) is 11.7. The standard InChI is InChI=1S/C15H22N2/c1-13-9-16-11-15(7-8-15)12-17(13)10-14-5-3-2-4-6-14/h2-6,13,16H,7-12H2,1H3. The van der Waals surface area contributed by atoms with Gasteiger partial charge in [0.1, 0.15) is 0 Å². The van der Waals surface area contributed by atoms with Gasteiger partial charge >= 0.3 is 0 Å². The Labute approximate surface area is 104 Å². The molecular weight excluding hydrogens is 208 g/mol. The Balaban J connectivity index is 1.71. The summed E-state index contributed by atoms with van der Waals surface area (Å²) in [6, 6.07) is 11.5. The molecule has 1 saturated heterocycles. The van der Waals surface area contributed by atoms with Gasteiger partial charge in [-0.3, -0.25) is 4.90 Å². The molecule has 1 unspecified atom stereocenters. The summed E-state index contributed by atoms with van der Waals surface area (Å²) in [5.41, 5.74) is 2.05. The van der Waals surface area contributed by atoms with Gasteiger partial charge in [0.25, 0.3) is 0 Å². The molecule has 1 N–H and O–H groups in total. The number of hydrogen-bond acceptors (Lipinski definition) is 2. The van der Waals surface area contributed by atoms with Gasteiger partial charge in [0.15, 0.2) is 0 Å². The van der Waals surface area contributed by atoms with E-state index in [4.69, 9.17) is 0 Å². The van der Waals surface area contributed by atoms with Gasteiger partial charge in [-0.15, -0.1) is 0 Å². The van der Waals surface area contributed by atoms with E-state index >= 15 is 0 Å². The smallest absolute Gasteiger partial charge is 0.0237 e. The Bertz CT molecular complexity index is 370. The monoisotopic (exact) mass is 230 g/mol. The van der Waals surface area contributed by atoms with Crippen LogP contribution in [0.1, 0.15) is 25.3 Å². The lowest BCUT2D eigenvalue weighted by atomic mass is 10.1. The van der Waals surface area contributed by atoms with Crippen molar-refractivity contribution in [3.63, 3.8) is 0 Å². The first-order valence-electron chi connectivity index (χ1n) is 6.76. The predicted molar refractivity (Wildman–Crippen MR) is 70.9 cm³/mol. The van der Waals surface area contributed by atoms with Crippen LogP contribution in [0.15, 0.2) is 30.3 Å². The summed E-state index contributed by atoms with van der Waals surface area (Å²) < 4.78 is 0. The van der Waals surface area contributed by atoms with Gasteiger partial charge in [0, 0.05) is 32.2 Å². The van der Waals surface area contributed by atoms with Crippen LogP contribution in [0.2, 0.25) is 0 Å². The average Bonchev–Trinajstić information content (AvgIpc) is 3.11. The van der Waals surface area contributed by atoms with E-state index in [1.807, 2.05) is 0 Å². The Morgan fingerprint density at radius 3 is 2.76 bits per heavy atom. The van der Waals surface area contributed by atoms with Crippen LogP contribution in [-0.2, 0) is 6.54 Å². The molecular formula is C15H22N2. The molecule has 1 spiro atoms. The minimum Gasteiger partial charge on any atom is -0.315 e. The summed E-state index contributed by atoms with van der Waals surface area (Å²) in [6.07, 6.45) is 2.83. The molecule has 1 atom stereocenters. The Hall–Kier alpha value is -0.860. The summed E-state index contributed by atoms with van der Waals surface area (Å²) in [4.78, 5) is 2.66. The lowest BCUT2D eigenvalue weighted by Gasteiger charge is -2.28. The average molecular weight is 230 g/mol. The third-order valence-corrected chi connectivity index (χ3v) is 4.29. The van der Waals surface area contributed by atoms with E-state index in [2.05, 4.69) is 47.5 Å². The van der Waals surface area contributed by atoms with E-state index in [9.17, 15) is 0 Å². The molecule has 0 aromatic heterocycles. The maximum absolute atomic E-state index is 3.62. The van der Waals surface area contributed by atoms with Crippen molar-refractivity contribution in [1.29, 1.82) is 0 Å². The van der Waals surface area contributed by atoms with Gasteiger partial charge < -0.3 is 5.32 Å². The van der Waals surface area contributed by atoms with E-state index in [1.54, 1.807) is 0 Å². The molecule has 0 radical (unpaired) electrons. The normalized spacial score (nSPS) is 27.9. The summed E-state index contributed by atoms with van der Waals surface area (Å²) in [6.45, 7) is 7.08. The second-order valence-electron chi connectivity index (χ2n) is 5.87. The zero-order valence-electron chi connectivity index (χ0n) is 10.7. The highest BCUT2D eigenvalue weighted by Crippen LogP contribution is 2.46. The van der Waals surface area contributed by atoms with Crippen LogP contribution in [0, 0.1) is 5.41 Å². The fraction of sp³-hybridized carbons (Fsp3) is 0.600. The second-order valence-corrected chi connectivity index (χ2v) is 5.87. The molecule has 1 heterocycles. The molecule has 92 valence electrons. The molecule has 2 heteroatoms. The molecule has 1 aliphatic carbocycles. The molecule has 2 nitrogen and oxygen atoms in total. The number of nitrogens with zero attached hydrogens (tertiary/aromatic N) is 1. The molecule has 0 bridgehead atoms. The zero-order valence-corrected chi connectivity index (χ0v) is 10.7. The van der Waals surface area contributed by atoms with Crippen molar-refractivity contribution in [1.82, 2.24) is 10.2 Å². The third kappa shape index (κ3) is 2.53. The van der Waals surface area contributed by atoms with Crippen LogP contribution < -0.4 is 5.32 Å². The molecule has 2 fully saturated rings. The van der Waals surface area contributed by atoms with Gasteiger partial charge in [0.2, 0.25) is 0 Å². The van der Waals surface area contributed by atoms with Crippen molar-refractivity contribution in [2.45, 2.75) is 32.4 Å². The second kappa shape index (κ2) is 4.43. The molecule has 1 saturated carbocycles. The highest BCUT2D eigenvalue weighted by molar-refractivity contribution is 5.15. The fourth-order valence-corrected chi connectivity index (χ4v) is 2.86. The molecule has 1 aliphatic heterocycles. The van der Waals surface area contributed by atoms with Crippen molar-refractivity contribution < 1.29 is 0 Å². The highest BCUT2D eigenvalue weighted by Gasteiger charge is 2.45. The first-order chi connectivity index (χ1) is 8.27. The summed E-state index contributed by atoms with van der Waals surface area (Å²) in [5, 5.41) is 3.62. The topological polar surface area (TPSA) is 15.3 Å². The first kappa shape index (κ1) is 11.2. The van der Waals surface area contributed by atoms with Crippen molar-refractivity contribution >= 4 is 0 Å². The van der Waals surface area contributed by atoms with E-state index < -0.39 is 0 Å². The molecule has 0 amide bonds. The minimum atomic E-state index is 0.611. The van der Waals surface area contributed by atoms with Crippen molar-refractivity contribution in [2.75, 3.05) is 19.6 Å². The van der Waals surface area contributed by atoms with Crippen LogP contribution in [0.25, 0.3) is 0 Å². The largest absolute Gasteiger partial charge is 0.315 e. The number of hydrogen-bond donors (Lipinski definition) is 1. The van der Waals surface area contributed by atoms with E-state index in [0.717, 1.165) is 13.1 Å². The Morgan fingerprint density at radius 1 is 1.29 bits per heavy atom. The van der Waals surface area contributed by atoms with Gasteiger partial charge in [0.05, 0.1) is 0 Å². The van der Waals surface area contributed by atoms with Crippen LogP contribution >= 0.6 is 0 Å². The Morgan fingerprint density at radius 2 is 2.06 bits per heavy atom. The quantitative estimate of drug-likeness (QED) is 0.838. The molecule has 2 aliphatic rings. The molecule has 1 aromatic rings. The lowest BCUT2D eigenvalue weighted by molar-refractivity contribution is 0.184. The van der Waals surface area contributed by atoms with Crippen LogP contribution in [-0.4, -0.2) is 30.6 Å². The Kier molecular flexibility index (Phi) is 2.93. The van der Waals surface area contributed by atoms with E-state index in [1.165, 1.54) is 31.5 Å². The van der Waals surface area contributed by atoms with E-state index in [-0.39, 0.29) is 0 Å². The van der Waals surface area contributed by atoms with Crippen LogP contribution in [0.4, 0.5) is 0 Å². The fourth-order valence-electron chi connectivity index (χ4n) is 2.86. The van der Waals surface area contributed by atoms with Gasteiger partial charge in [-0.05, 0) is 30.7 Å². The summed E-state index contributed by atoms with van der Waals surface area (Å²) in [7, 11) is 0. The first-order valence-corrected chi connectivity index (χ1v) is 6.76. The maximum Gasteiger partial charge on any atom is 0.0237 e. The van der Waals surface area contributed by atoms with Crippen LogP contribution in [0.5, 0.6) is 0 Å². The van der Waals surface area contributed by atoms with E-state index in [0.29, 0.717) is 11.5 Å². The molecule has 17 heavy (non-hydrogen) atoms. The van der Waals surface area contributed by atoms with Crippen LogP contribution in [0.3, 0.4) is 0 Å². The van der Waals surface area contributed by atoms with Gasteiger partial charge in [-0.2, -0.15) is 0 Å². The van der Waals surface area contributed by atoms with Crippen molar-refractivity contribution in [2.24, 2.45) is 5.41 Å². The number of benzene rings is 1. The number of nitrogens with one attached hydrogen (secondary N) is 1. The molecule has 3 rings (SSSR count). The maximum atomic E-state index is 3.62. The minimum absolute atomic E-state index is 0.611. The van der Waals surface area contributed by atoms with Crippen molar-refractivity contribution in [3.8, 4) is 0 Å². The van der Waals surface area contributed by atoms with Crippen molar-refractivity contribution in [3.05, 3.63) is 35.9 Å². The molecule has 1 aromatic carbocycles. The highest BCUT2D eigenvalue weighted by atomic mass is 15.2. The third-order valence-electron chi connectivity index (χ3n) is 4.29. The summed E-state index contributed by atoms with van der Waals surface area (Å²) in [5.74, 6) is 0. The van der Waals surface area contributed by atoms with Gasteiger partial charge in [-0.25, -0.2) is 0 Å². The lowest BCUT2D eigenvalue weighted by Crippen LogP contribution is -2.37. The predicted octanol–water partition coefficient (Wildman–Crippen LogP) is 2.26. The number of rotatable bonds is 2.